The molecule has 2 aliphatic heterocycles. The first-order valence-corrected chi connectivity index (χ1v) is 15.0. The van der Waals surface area contributed by atoms with Gasteiger partial charge >= 0.3 is 18.0 Å². The van der Waals surface area contributed by atoms with Crippen LogP contribution in [-0.2, 0) is 33.4 Å². The van der Waals surface area contributed by atoms with Crippen molar-refractivity contribution in [3.8, 4) is 0 Å². The summed E-state index contributed by atoms with van der Waals surface area (Å²) in [6.45, 7) is 15.5. The maximum Gasteiger partial charge on any atom is 0.408 e. The molecule has 3 rings (SSSR count). The van der Waals surface area contributed by atoms with E-state index in [9.17, 15) is 24.0 Å². The molecule has 11 nitrogen and oxygen atoms in total. The molecule has 0 saturated carbocycles. The van der Waals surface area contributed by atoms with Gasteiger partial charge in [0.2, 0.25) is 5.91 Å². The van der Waals surface area contributed by atoms with Gasteiger partial charge in [0, 0.05) is 11.8 Å². The van der Waals surface area contributed by atoms with Crippen LogP contribution in [0.4, 0.5) is 4.79 Å². The van der Waals surface area contributed by atoms with Gasteiger partial charge < -0.3 is 24.8 Å². The summed E-state index contributed by atoms with van der Waals surface area (Å²) in [5, 5.41) is 4.72. The van der Waals surface area contributed by atoms with Gasteiger partial charge in [0.25, 0.3) is 5.91 Å². The van der Waals surface area contributed by atoms with Crippen LogP contribution in [-0.4, -0.2) is 68.7 Å². The van der Waals surface area contributed by atoms with Gasteiger partial charge in [-0.15, -0.1) is 11.8 Å². The Morgan fingerprint density at radius 1 is 0.907 bits per heavy atom. The zero-order chi connectivity index (χ0) is 32.3. The van der Waals surface area contributed by atoms with Crippen LogP contribution in [0.3, 0.4) is 0 Å². The predicted octanol–water partition coefficient (Wildman–Crippen LogP) is 4.15. The Bertz CT molecular complexity index is 1320. The van der Waals surface area contributed by atoms with Crippen molar-refractivity contribution < 1.29 is 38.2 Å². The van der Waals surface area contributed by atoms with E-state index in [4.69, 9.17) is 14.2 Å². The number of β-lactam (4-membered cyclic amide) rings is 1. The summed E-state index contributed by atoms with van der Waals surface area (Å²) in [6.07, 6.45) is 1.87. The number of ether oxygens (including phenoxy) is 3. The molecule has 2 aliphatic rings. The number of hydrogen-bond acceptors (Lipinski definition) is 9. The number of nitrogens with zero attached hydrogens (tertiary/aromatic N) is 1. The van der Waals surface area contributed by atoms with E-state index in [1.165, 1.54) is 28.8 Å². The van der Waals surface area contributed by atoms with Crippen LogP contribution in [0.5, 0.6) is 0 Å². The highest BCUT2D eigenvalue weighted by Crippen LogP contribution is 2.41. The number of fused-ring (bicyclic) bond motifs is 1. The Morgan fingerprint density at radius 3 is 2.05 bits per heavy atom. The lowest BCUT2D eigenvalue weighted by atomic mass is 10.0. The van der Waals surface area contributed by atoms with Gasteiger partial charge in [0.05, 0.1) is 0 Å². The molecule has 3 atom stereocenters. The minimum atomic E-state index is -1.14. The Kier molecular flexibility index (Phi) is 10.1. The molecule has 0 radical (unpaired) electrons. The van der Waals surface area contributed by atoms with Crippen molar-refractivity contribution in [2.24, 2.45) is 0 Å². The molecule has 12 heteroatoms. The van der Waals surface area contributed by atoms with Crippen LogP contribution in [0, 0.1) is 0 Å². The maximum absolute atomic E-state index is 13.5. The monoisotopic (exact) mass is 615 g/mol. The molecule has 234 valence electrons. The SMILES string of the molecule is CC(C)(C)OC(=O)C=CC1=C(C(=O)OC(C)(C)C)N2C(=O)C(NC(=O)C(NC(=O)OC(C)(C)C)c3ccccc3)[C@H]2SC1. The Balaban J connectivity index is 1.86. The van der Waals surface area contributed by atoms with E-state index in [-0.39, 0.29) is 11.4 Å². The smallest absolute Gasteiger partial charge is 0.408 e. The van der Waals surface area contributed by atoms with Crippen LogP contribution < -0.4 is 10.6 Å². The van der Waals surface area contributed by atoms with E-state index in [2.05, 4.69) is 10.6 Å². The first-order valence-electron chi connectivity index (χ1n) is 13.9. The van der Waals surface area contributed by atoms with Gasteiger partial charge in [0.1, 0.15) is 40.0 Å². The molecule has 0 spiro atoms. The molecule has 43 heavy (non-hydrogen) atoms. The van der Waals surface area contributed by atoms with Gasteiger partial charge in [-0.25, -0.2) is 14.4 Å². The fourth-order valence-electron chi connectivity index (χ4n) is 4.20. The first-order chi connectivity index (χ1) is 19.8. The zero-order valence-electron chi connectivity index (χ0n) is 26.1. The molecule has 2 unspecified atom stereocenters. The number of carbonyl (C=O) groups is 5. The summed E-state index contributed by atoms with van der Waals surface area (Å²) in [5.41, 5.74) is -1.43. The number of rotatable bonds is 7. The summed E-state index contributed by atoms with van der Waals surface area (Å²) < 4.78 is 16.3. The number of benzene rings is 1. The third kappa shape index (κ3) is 9.34. The highest BCUT2D eigenvalue weighted by atomic mass is 32.2. The van der Waals surface area contributed by atoms with E-state index in [0.717, 1.165) is 0 Å². The molecule has 1 fully saturated rings. The van der Waals surface area contributed by atoms with Crippen molar-refractivity contribution in [3.05, 3.63) is 59.3 Å². The topological polar surface area (TPSA) is 140 Å². The van der Waals surface area contributed by atoms with Gasteiger partial charge in [-0.05, 0) is 79.5 Å². The summed E-state index contributed by atoms with van der Waals surface area (Å²) in [5.74, 6) is -2.21. The standard InChI is InChI=1S/C31H41N3O8S/c1-29(2,3)40-20(35)16-15-19-17-43-26-22(25(37)34(26)23(19)27(38)41-30(4,5)6)32-24(36)21(18-13-11-10-12-14-18)33-28(39)42-31(7,8)9/h10-16,21-22,26H,17H2,1-9H3,(H,32,36)(H,33,39)/t21?,22?,26-/m1/s1. The minimum Gasteiger partial charge on any atom is -0.457 e. The molecular formula is C31H41N3O8S. The van der Waals surface area contributed by atoms with Crippen molar-refractivity contribution in [1.82, 2.24) is 15.5 Å². The first kappa shape index (κ1) is 33.7. The van der Waals surface area contributed by atoms with Crippen molar-refractivity contribution in [2.75, 3.05) is 5.75 Å². The number of thioether (sulfide) groups is 1. The second kappa shape index (κ2) is 12.8. The normalized spacial score (nSPS) is 19.7. The number of alkyl carbamates (subject to hydrolysis) is 1. The van der Waals surface area contributed by atoms with Crippen molar-refractivity contribution in [1.29, 1.82) is 0 Å². The molecule has 1 aromatic carbocycles. The van der Waals surface area contributed by atoms with E-state index in [1.807, 2.05) is 0 Å². The minimum absolute atomic E-state index is 0.000437. The van der Waals surface area contributed by atoms with Gasteiger partial charge in [-0.3, -0.25) is 14.5 Å². The largest absolute Gasteiger partial charge is 0.457 e. The molecule has 2 heterocycles. The van der Waals surface area contributed by atoms with Gasteiger partial charge in [0.15, 0.2) is 0 Å². The lowest BCUT2D eigenvalue weighted by molar-refractivity contribution is -0.159. The average molecular weight is 616 g/mol. The van der Waals surface area contributed by atoms with E-state index in [1.54, 1.807) is 92.6 Å². The number of esters is 2. The van der Waals surface area contributed by atoms with Crippen LogP contribution in [0.1, 0.15) is 73.9 Å². The fourth-order valence-corrected chi connectivity index (χ4v) is 5.52. The van der Waals surface area contributed by atoms with Crippen LogP contribution in [0.2, 0.25) is 0 Å². The highest BCUT2D eigenvalue weighted by molar-refractivity contribution is 8.00. The molecule has 2 N–H and O–H groups in total. The van der Waals surface area contributed by atoms with Gasteiger partial charge in [-0.2, -0.15) is 0 Å². The maximum atomic E-state index is 13.5. The molecule has 0 aromatic heterocycles. The molecule has 1 saturated heterocycles. The van der Waals surface area contributed by atoms with Gasteiger partial charge in [-0.1, -0.05) is 30.3 Å². The number of nitrogens with one attached hydrogen (secondary N) is 2. The zero-order valence-corrected chi connectivity index (χ0v) is 26.9. The third-order valence-corrected chi connectivity index (χ3v) is 7.07. The highest BCUT2D eigenvalue weighted by Gasteiger charge is 2.55. The van der Waals surface area contributed by atoms with Crippen molar-refractivity contribution >= 4 is 41.6 Å². The second-order valence-electron chi connectivity index (χ2n) is 13.1. The second-order valence-corrected chi connectivity index (χ2v) is 14.2. The van der Waals surface area contributed by atoms with Crippen LogP contribution in [0.15, 0.2) is 53.8 Å². The summed E-state index contributed by atoms with van der Waals surface area (Å²) in [6, 6.07) is 6.47. The lowest BCUT2D eigenvalue weighted by Gasteiger charge is -2.50. The average Bonchev–Trinajstić information content (AvgIpc) is 2.85. The quantitative estimate of drug-likeness (QED) is 0.200. The van der Waals surface area contributed by atoms with E-state index >= 15 is 0 Å². The molecule has 1 aromatic rings. The fraction of sp³-hybridized carbons (Fsp3) is 0.516. The van der Waals surface area contributed by atoms with E-state index in [0.29, 0.717) is 11.1 Å². The van der Waals surface area contributed by atoms with E-state index < -0.39 is 64.1 Å². The van der Waals surface area contributed by atoms with Crippen molar-refractivity contribution in [2.45, 2.75) is 96.6 Å². The molecule has 3 amide bonds. The summed E-state index contributed by atoms with van der Waals surface area (Å²) >= 11 is 1.32. The number of carbonyl (C=O) groups excluding carboxylic acids is 5. The Hall–Kier alpha value is -3.80. The molecule has 0 bridgehead atoms. The lowest BCUT2D eigenvalue weighted by Crippen LogP contribution is -2.71. The number of amides is 3. The molecule has 0 aliphatic carbocycles. The third-order valence-electron chi connectivity index (χ3n) is 5.77. The summed E-state index contributed by atoms with van der Waals surface area (Å²) in [7, 11) is 0. The molecular weight excluding hydrogens is 574 g/mol. The number of hydrogen-bond donors (Lipinski definition) is 2. The van der Waals surface area contributed by atoms with Crippen molar-refractivity contribution in [3.63, 3.8) is 0 Å². The summed E-state index contributed by atoms with van der Waals surface area (Å²) in [4.78, 5) is 66.5. The Morgan fingerprint density at radius 2 is 1.49 bits per heavy atom. The van der Waals surface area contributed by atoms with Crippen LogP contribution >= 0.6 is 11.8 Å². The number of allylic oxidation sites excluding steroid dienone is 1. The Labute approximate surface area is 256 Å². The predicted molar refractivity (Wildman–Crippen MR) is 161 cm³/mol. The van der Waals surface area contributed by atoms with Crippen LogP contribution in [0.25, 0.3) is 0 Å².